The number of phenolic OH excluding ortho intramolecular Hbond substituents is 3. The Hall–Kier alpha value is -3.80. The summed E-state index contributed by atoms with van der Waals surface area (Å²) in [5.41, 5.74) is 3.43. The van der Waals surface area contributed by atoms with Gasteiger partial charge in [-0.2, -0.15) is 0 Å². The van der Waals surface area contributed by atoms with Crippen molar-refractivity contribution in [2.24, 2.45) is 0 Å². The number of hydrogen-bond donors (Lipinski definition) is 3. The fourth-order valence-corrected chi connectivity index (χ4v) is 3.31. The largest absolute Gasteiger partial charge is 0.508 e. The average molecular weight is 437 g/mol. The van der Waals surface area contributed by atoms with Gasteiger partial charge in [-0.05, 0) is 68.3 Å². The van der Waals surface area contributed by atoms with E-state index in [-0.39, 0.29) is 23.0 Å². The lowest BCUT2D eigenvalue weighted by molar-refractivity contribution is 0.318. The summed E-state index contributed by atoms with van der Waals surface area (Å²) in [6, 6.07) is 13.3. The third-order valence-corrected chi connectivity index (χ3v) is 4.88. The van der Waals surface area contributed by atoms with E-state index in [4.69, 9.17) is 14.2 Å². The number of allylic oxidation sites excluding steroid dienone is 1. The third kappa shape index (κ3) is 4.91. The van der Waals surface area contributed by atoms with Crippen LogP contribution in [0.1, 0.15) is 20.8 Å². The molecule has 3 aromatic rings. The van der Waals surface area contributed by atoms with Gasteiger partial charge >= 0.3 is 0 Å². The van der Waals surface area contributed by atoms with Crippen molar-refractivity contribution in [1.29, 1.82) is 0 Å². The van der Waals surface area contributed by atoms with Gasteiger partial charge in [-0.25, -0.2) is 0 Å². The normalized spacial score (nSPS) is 10.5. The number of methoxy groups -OCH3 is 1. The zero-order valence-electron chi connectivity index (χ0n) is 18.7. The van der Waals surface area contributed by atoms with Crippen molar-refractivity contribution in [3.63, 3.8) is 0 Å². The number of hydrogen-bond acceptors (Lipinski definition) is 6. The highest BCUT2D eigenvalue weighted by atomic mass is 16.5. The maximum Gasteiger partial charge on any atom is 0.170 e. The van der Waals surface area contributed by atoms with Crippen LogP contribution in [-0.4, -0.2) is 35.6 Å². The van der Waals surface area contributed by atoms with Crippen molar-refractivity contribution in [2.45, 2.75) is 20.8 Å². The van der Waals surface area contributed by atoms with Gasteiger partial charge in [-0.15, -0.1) is 0 Å². The number of benzene rings is 3. The Morgan fingerprint density at radius 3 is 2.16 bits per heavy atom. The summed E-state index contributed by atoms with van der Waals surface area (Å²) in [6.07, 6.45) is 1.92. The zero-order chi connectivity index (χ0) is 23.3. The number of ether oxygens (including phenoxy) is 3. The van der Waals surface area contributed by atoms with E-state index in [1.165, 1.54) is 13.2 Å². The lowest BCUT2D eigenvalue weighted by atomic mass is 9.96. The molecule has 0 bridgehead atoms. The summed E-state index contributed by atoms with van der Waals surface area (Å²) < 4.78 is 17.0. The summed E-state index contributed by atoms with van der Waals surface area (Å²) in [5.74, 6) is 1.03. The highest BCUT2D eigenvalue weighted by Crippen LogP contribution is 2.50. The fraction of sp³-hybridized carbons (Fsp3) is 0.231. The molecular formula is C26H28O6. The molecule has 6 nitrogen and oxygen atoms in total. The first-order chi connectivity index (χ1) is 15.3. The van der Waals surface area contributed by atoms with Crippen LogP contribution >= 0.6 is 0 Å². The van der Waals surface area contributed by atoms with Crippen LogP contribution in [0.3, 0.4) is 0 Å². The lowest BCUT2D eigenvalue weighted by Crippen LogP contribution is -1.99. The minimum Gasteiger partial charge on any atom is -0.508 e. The molecule has 6 heteroatoms. The predicted molar refractivity (Wildman–Crippen MR) is 125 cm³/mol. The smallest absolute Gasteiger partial charge is 0.170 e. The van der Waals surface area contributed by atoms with Gasteiger partial charge in [0.1, 0.15) is 18.1 Å². The van der Waals surface area contributed by atoms with Crippen molar-refractivity contribution in [3.05, 3.63) is 60.2 Å². The molecule has 3 N–H and O–H groups in total. The first-order valence-electron chi connectivity index (χ1n) is 10.3. The van der Waals surface area contributed by atoms with Gasteiger partial charge in [0.15, 0.2) is 23.0 Å². The van der Waals surface area contributed by atoms with Gasteiger partial charge in [0.2, 0.25) is 0 Å². The molecule has 0 aromatic heterocycles. The summed E-state index contributed by atoms with van der Waals surface area (Å²) in [4.78, 5) is 0. The van der Waals surface area contributed by atoms with E-state index in [9.17, 15) is 15.3 Å². The second-order valence-corrected chi connectivity index (χ2v) is 7.43. The van der Waals surface area contributed by atoms with E-state index < -0.39 is 0 Å². The molecule has 0 atom stereocenters. The van der Waals surface area contributed by atoms with Crippen molar-refractivity contribution < 1.29 is 29.5 Å². The van der Waals surface area contributed by atoms with Crippen LogP contribution < -0.4 is 14.2 Å². The van der Waals surface area contributed by atoms with Gasteiger partial charge in [0.05, 0.1) is 19.3 Å². The van der Waals surface area contributed by atoms with E-state index >= 15 is 0 Å². The van der Waals surface area contributed by atoms with E-state index in [2.05, 4.69) is 0 Å². The van der Waals surface area contributed by atoms with Gasteiger partial charge in [-0.1, -0.05) is 23.8 Å². The molecule has 0 saturated heterocycles. The molecule has 0 spiro atoms. The fourth-order valence-electron chi connectivity index (χ4n) is 3.31. The Bertz CT molecular complexity index is 1110. The van der Waals surface area contributed by atoms with Crippen LogP contribution in [0.15, 0.2) is 60.2 Å². The van der Waals surface area contributed by atoms with E-state index in [0.717, 1.165) is 11.1 Å². The number of aromatic hydroxyl groups is 3. The van der Waals surface area contributed by atoms with Crippen LogP contribution in [0.2, 0.25) is 0 Å². The van der Waals surface area contributed by atoms with Gasteiger partial charge in [0.25, 0.3) is 0 Å². The third-order valence-electron chi connectivity index (χ3n) is 4.88. The first-order valence-corrected chi connectivity index (χ1v) is 10.3. The minimum absolute atomic E-state index is 0.0494. The number of phenols is 3. The molecule has 0 radical (unpaired) electrons. The summed E-state index contributed by atoms with van der Waals surface area (Å²) >= 11 is 0. The second-order valence-electron chi connectivity index (χ2n) is 7.43. The molecule has 3 aromatic carbocycles. The second kappa shape index (κ2) is 10.0. The standard InChI is InChI=1S/C26H28O6/c1-5-31-26-20(17-6-9-19(27)10-7-17)15-23(30-4)24(25(26)29)18-8-11-22(21(28)14-18)32-13-12-16(2)3/h6-12,14-15,27-29H,5,13H2,1-4H3. The summed E-state index contributed by atoms with van der Waals surface area (Å²) in [7, 11) is 1.51. The van der Waals surface area contributed by atoms with Crippen LogP contribution in [-0.2, 0) is 0 Å². The molecule has 0 unspecified atom stereocenters. The van der Waals surface area contributed by atoms with E-state index in [1.54, 1.807) is 42.5 Å². The highest BCUT2D eigenvalue weighted by molar-refractivity contribution is 5.88. The van der Waals surface area contributed by atoms with Gasteiger partial charge < -0.3 is 29.5 Å². The molecule has 0 fully saturated rings. The Balaban J connectivity index is 2.10. The maximum absolute atomic E-state index is 11.2. The van der Waals surface area contributed by atoms with Crippen molar-refractivity contribution in [1.82, 2.24) is 0 Å². The molecule has 168 valence electrons. The molecule has 0 heterocycles. The molecule has 0 saturated carbocycles. The summed E-state index contributed by atoms with van der Waals surface area (Å²) in [5, 5.41) is 31.3. The quantitative estimate of drug-likeness (QED) is 0.382. The van der Waals surface area contributed by atoms with E-state index in [1.807, 2.05) is 26.8 Å². The lowest BCUT2D eigenvalue weighted by Gasteiger charge is -2.19. The molecule has 0 amide bonds. The van der Waals surface area contributed by atoms with Crippen LogP contribution in [0, 0.1) is 0 Å². The Labute approximate surface area is 187 Å². The topological polar surface area (TPSA) is 88.4 Å². The minimum atomic E-state index is -0.105. The molecule has 3 rings (SSSR count). The van der Waals surface area contributed by atoms with Crippen LogP contribution in [0.25, 0.3) is 22.3 Å². The monoisotopic (exact) mass is 436 g/mol. The van der Waals surface area contributed by atoms with Crippen LogP contribution in [0.5, 0.6) is 34.5 Å². The van der Waals surface area contributed by atoms with Crippen molar-refractivity contribution in [2.75, 3.05) is 20.3 Å². The van der Waals surface area contributed by atoms with E-state index in [0.29, 0.717) is 41.4 Å². The molecule has 0 aliphatic rings. The van der Waals surface area contributed by atoms with Gasteiger partial charge in [-0.3, -0.25) is 0 Å². The zero-order valence-corrected chi connectivity index (χ0v) is 18.7. The molecular weight excluding hydrogens is 408 g/mol. The first kappa shape index (κ1) is 22.9. The molecule has 0 aliphatic heterocycles. The summed E-state index contributed by atoms with van der Waals surface area (Å²) in [6.45, 7) is 6.46. The maximum atomic E-state index is 11.2. The molecule has 0 aliphatic carbocycles. The van der Waals surface area contributed by atoms with Crippen molar-refractivity contribution in [3.8, 4) is 56.8 Å². The Morgan fingerprint density at radius 2 is 1.56 bits per heavy atom. The average Bonchev–Trinajstić information content (AvgIpc) is 2.76. The Kier molecular flexibility index (Phi) is 7.15. The SMILES string of the molecule is CCOc1c(-c2ccc(O)cc2)cc(OC)c(-c2ccc(OCC=C(C)C)c(O)c2)c1O. The molecule has 32 heavy (non-hydrogen) atoms. The number of rotatable bonds is 8. The van der Waals surface area contributed by atoms with Crippen molar-refractivity contribution >= 4 is 0 Å². The van der Waals surface area contributed by atoms with Gasteiger partial charge in [0, 0.05) is 5.56 Å². The van der Waals surface area contributed by atoms with Crippen LogP contribution in [0.4, 0.5) is 0 Å². The Morgan fingerprint density at radius 1 is 0.875 bits per heavy atom. The highest BCUT2D eigenvalue weighted by Gasteiger charge is 2.23. The predicted octanol–water partition coefficient (Wildman–Crippen LogP) is 5.89.